The molecule has 0 heterocycles. The van der Waals surface area contributed by atoms with Crippen LogP contribution in [0.1, 0.15) is 0 Å². The Balaban J connectivity index is 1.85. The molecule has 0 saturated carbocycles. The molecule has 0 aliphatic rings. The fourth-order valence-corrected chi connectivity index (χ4v) is 8.89. The van der Waals surface area contributed by atoms with Gasteiger partial charge in [0.25, 0.3) is 0 Å². The average Bonchev–Trinajstić information content (AvgIpc) is 2.88. The molecule has 0 fully saturated rings. The summed E-state index contributed by atoms with van der Waals surface area (Å²) in [5, 5.41) is 12.5. The van der Waals surface area contributed by atoms with E-state index in [0.717, 1.165) is 71.8 Å². The number of hydrogen-bond acceptors (Lipinski definition) is 2. The molecule has 0 amide bonds. The number of rotatable bonds is 0. The van der Waals surface area contributed by atoms with Gasteiger partial charge >= 0.3 is 0 Å². The largest absolute Gasteiger partial charge is 0.289 e. The normalized spacial score (nSPS) is 12.7. The van der Waals surface area contributed by atoms with Gasteiger partial charge in [-0.25, -0.2) is 0 Å². The summed E-state index contributed by atoms with van der Waals surface area (Å²) in [6.07, 6.45) is 0. The minimum atomic E-state index is -0.0106. The lowest BCUT2D eigenvalue weighted by Gasteiger charge is -2.21. The van der Waals surface area contributed by atoms with Crippen LogP contribution in [-0.4, -0.2) is 0 Å². The van der Waals surface area contributed by atoms with Gasteiger partial charge in [-0.15, -0.1) is 0 Å². The lowest BCUT2D eigenvalue weighted by molar-refractivity contribution is 1.66. The Kier molecular flexibility index (Phi) is 4.30. The Morgan fingerprint density at radius 2 is 1.14 bits per heavy atom. The van der Waals surface area contributed by atoms with Crippen molar-refractivity contribution in [1.29, 1.82) is 0 Å². The highest BCUT2D eigenvalue weighted by Gasteiger charge is 2.26. The second kappa shape index (κ2) is 7.13. The fraction of sp³-hybridized carbons (Fsp3) is 0. The summed E-state index contributed by atoms with van der Waals surface area (Å²) < 4.78 is 3.37. The first kappa shape index (κ1) is 21.7. The Morgan fingerprint density at radius 3 is 1.92 bits per heavy atom. The third-order valence-electron chi connectivity index (χ3n) is 7.56. The SMILES string of the molecule is O=c1c2ccccc2c2cc3ccc4c(=O)c5c(Br)ccc(Br)c5c5c(Br)c6c(Br)cc1c2c6c3c45. The highest BCUT2D eigenvalue weighted by molar-refractivity contribution is 9.11. The van der Waals surface area contributed by atoms with Crippen molar-refractivity contribution in [2.45, 2.75) is 0 Å². The van der Waals surface area contributed by atoms with E-state index < -0.39 is 0 Å². The van der Waals surface area contributed by atoms with Crippen LogP contribution < -0.4 is 10.9 Å². The van der Waals surface area contributed by atoms with Crippen LogP contribution in [0.4, 0.5) is 0 Å². The second-order valence-corrected chi connectivity index (χ2v) is 12.6. The van der Waals surface area contributed by atoms with E-state index >= 15 is 0 Å². The van der Waals surface area contributed by atoms with Gasteiger partial charge in [0.05, 0.1) is 0 Å². The van der Waals surface area contributed by atoms with Gasteiger partial charge in [-0.2, -0.15) is 0 Å². The summed E-state index contributed by atoms with van der Waals surface area (Å²) in [6.45, 7) is 0. The molecule has 8 aromatic carbocycles. The van der Waals surface area contributed by atoms with Gasteiger partial charge in [0.1, 0.15) is 0 Å². The molecule has 0 aliphatic heterocycles. The zero-order chi connectivity index (χ0) is 24.6. The Hall–Kier alpha value is -2.38. The van der Waals surface area contributed by atoms with Crippen molar-refractivity contribution in [3.63, 3.8) is 0 Å². The predicted octanol–water partition coefficient (Wildman–Crippen LogP) is 9.84. The molecular formula is C30H10Br4O2. The summed E-state index contributed by atoms with van der Waals surface area (Å²) in [6, 6.07) is 19.8. The van der Waals surface area contributed by atoms with Crippen molar-refractivity contribution in [2.24, 2.45) is 0 Å². The van der Waals surface area contributed by atoms with Crippen LogP contribution in [0, 0.1) is 0 Å². The van der Waals surface area contributed by atoms with Gasteiger partial charge in [0, 0.05) is 71.8 Å². The van der Waals surface area contributed by atoms with Gasteiger partial charge in [-0.3, -0.25) is 9.59 Å². The van der Waals surface area contributed by atoms with Gasteiger partial charge in [0.15, 0.2) is 10.9 Å². The minimum Gasteiger partial charge on any atom is -0.289 e. The van der Waals surface area contributed by atoms with Crippen molar-refractivity contribution in [3.8, 4) is 0 Å². The zero-order valence-corrected chi connectivity index (χ0v) is 24.4. The molecular weight excluding hydrogens is 712 g/mol. The standard InChI is InChI=1S/C30H10Br4O2/c31-17-7-8-18(32)25-23(17)27-22-14(30(25)36)6-5-11-9-15-12-3-1-2-4-13(12)29(35)16-10-19(33)24(28(27)34)26(20(11)22)21(15)16/h1-10H. The molecule has 0 unspecified atom stereocenters. The first-order valence-corrected chi connectivity index (χ1v) is 14.4. The molecule has 36 heavy (non-hydrogen) atoms. The van der Waals surface area contributed by atoms with E-state index in [9.17, 15) is 9.59 Å². The highest BCUT2D eigenvalue weighted by atomic mass is 79.9. The van der Waals surface area contributed by atoms with E-state index in [-0.39, 0.29) is 10.9 Å². The summed E-state index contributed by atoms with van der Waals surface area (Å²) in [5.74, 6) is 0. The molecule has 0 spiro atoms. The van der Waals surface area contributed by atoms with Crippen molar-refractivity contribution in [2.75, 3.05) is 0 Å². The van der Waals surface area contributed by atoms with Gasteiger partial charge in [-0.05, 0) is 67.8 Å². The predicted molar refractivity (Wildman–Crippen MR) is 166 cm³/mol. The molecule has 0 aliphatic carbocycles. The lowest BCUT2D eigenvalue weighted by Crippen LogP contribution is -2.07. The molecule has 6 heteroatoms. The third-order valence-corrected chi connectivity index (χ3v) is 10.3. The molecule has 0 atom stereocenters. The highest BCUT2D eigenvalue weighted by Crippen LogP contribution is 2.51. The summed E-state index contributed by atoms with van der Waals surface area (Å²) in [7, 11) is 0. The number of benzene rings is 8. The van der Waals surface area contributed by atoms with Crippen LogP contribution in [0.3, 0.4) is 0 Å². The first-order valence-electron chi connectivity index (χ1n) is 11.2. The van der Waals surface area contributed by atoms with E-state index in [1.165, 1.54) is 0 Å². The minimum absolute atomic E-state index is 0.0106. The molecule has 8 aromatic rings. The van der Waals surface area contributed by atoms with Crippen LogP contribution in [-0.2, 0) is 0 Å². The van der Waals surface area contributed by atoms with E-state index in [1.54, 1.807) is 0 Å². The Bertz CT molecular complexity index is 2400. The van der Waals surface area contributed by atoms with E-state index in [1.807, 2.05) is 54.6 Å². The van der Waals surface area contributed by atoms with Crippen molar-refractivity contribution < 1.29 is 0 Å². The molecule has 0 radical (unpaired) electrons. The fourth-order valence-electron chi connectivity index (χ4n) is 6.15. The molecule has 0 aromatic heterocycles. The lowest BCUT2D eigenvalue weighted by atomic mass is 9.84. The van der Waals surface area contributed by atoms with Crippen molar-refractivity contribution in [1.82, 2.24) is 0 Å². The quantitative estimate of drug-likeness (QED) is 0.115. The number of fused-ring (bicyclic) bond motifs is 4. The van der Waals surface area contributed by atoms with Gasteiger partial charge in [0.2, 0.25) is 0 Å². The monoisotopic (exact) mass is 718 g/mol. The zero-order valence-electron chi connectivity index (χ0n) is 18.1. The molecule has 0 saturated heterocycles. The van der Waals surface area contributed by atoms with Crippen LogP contribution in [0.15, 0.2) is 88.1 Å². The maximum absolute atomic E-state index is 13.9. The molecule has 8 rings (SSSR count). The van der Waals surface area contributed by atoms with Crippen LogP contribution in [0.5, 0.6) is 0 Å². The molecule has 170 valence electrons. The van der Waals surface area contributed by atoms with Gasteiger partial charge in [-0.1, -0.05) is 78.1 Å². The van der Waals surface area contributed by atoms with Crippen LogP contribution >= 0.6 is 63.7 Å². The summed E-state index contributed by atoms with van der Waals surface area (Å²) in [4.78, 5) is 27.5. The van der Waals surface area contributed by atoms with Crippen LogP contribution in [0.2, 0.25) is 0 Å². The Morgan fingerprint density at radius 1 is 0.417 bits per heavy atom. The van der Waals surface area contributed by atoms with Crippen molar-refractivity contribution in [3.05, 3.63) is 99.0 Å². The number of hydrogen-bond donors (Lipinski definition) is 0. The summed E-state index contributed by atoms with van der Waals surface area (Å²) >= 11 is 15.1. The topological polar surface area (TPSA) is 34.1 Å². The molecule has 2 nitrogen and oxygen atoms in total. The second-order valence-electron chi connectivity index (χ2n) is 9.21. The molecule has 0 N–H and O–H groups in total. The average molecular weight is 722 g/mol. The maximum Gasteiger partial charge on any atom is 0.195 e. The van der Waals surface area contributed by atoms with E-state index in [2.05, 4.69) is 69.8 Å². The first-order chi connectivity index (χ1) is 17.4. The van der Waals surface area contributed by atoms with E-state index in [0.29, 0.717) is 21.5 Å². The van der Waals surface area contributed by atoms with E-state index in [4.69, 9.17) is 0 Å². The smallest absolute Gasteiger partial charge is 0.195 e. The van der Waals surface area contributed by atoms with Gasteiger partial charge < -0.3 is 0 Å². The number of halogens is 4. The third kappa shape index (κ3) is 2.42. The maximum atomic E-state index is 13.9. The Labute approximate surface area is 236 Å². The van der Waals surface area contributed by atoms with Crippen molar-refractivity contribution >= 4 is 139 Å². The van der Waals surface area contributed by atoms with Crippen LogP contribution in [0.25, 0.3) is 75.4 Å². The molecule has 0 bridgehead atoms. The summed E-state index contributed by atoms with van der Waals surface area (Å²) in [5.41, 5.74) is 0.0111.